The molecular formula is C15H20BrNO5S. The van der Waals surface area contributed by atoms with E-state index in [0.717, 1.165) is 6.42 Å². The van der Waals surface area contributed by atoms with Crippen LogP contribution in [0.3, 0.4) is 0 Å². The fourth-order valence-electron chi connectivity index (χ4n) is 2.96. The highest BCUT2D eigenvalue weighted by atomic mass is 79.9. The Morgan fingerprint density at radius 2 is 1.87 bits per heavy atom. The highest BCUT2D eigenvalue weighted by molar-refractivity contribution is 9.10. The molecular weight excluding hydrogens is 386 g/mol. The van der Waals surface area contributed by atoms with Crippen LogP contribution in [0.25, 0.3) is 0 Å². The molecule has 0 aliphatic carbocycles. The zero-order valence-electron chi connectivity index (χ0n) is 13.0. The predicted octanol–water partition coefficient (Wildman–Crippen LogP) is 2.38. The van der Waals surface area contributed by atoms with Gasteiger partial charge in [0.05, 0.1) is 20.3 Å². The van der Waals surface area contributed by atoms with Gasteiger partial charge in [-0.3, -0.25) is 0 Å². The molecule has 1 aromatic rings. The van der Waals surface area contributed by atoms with E-state index in [1.165, 1.54) is 11.4 Å². The molecule has 1 aromatic carbocycles. The van der Waals surface area contributed by atoms with Gasteiger partial charge in [-0.05, 0) is 24.6 Å². The van der Waals surface area contributed by atoms with Crippen LogP contribution in [-0.4, -0.2) is 51.9 Å². The van der Waals surface area contributed by atoms with Crippen molar-refractivity contribution in [2.45, 2.75) is 29.9 Å². The molecule has 8 heteroatoms. The van der Waals surface area contributed by atoms with E-state index in [-0.39, 0.29) is 4.90 Å². The maximum atomic E-state index is 12.9. The number of ether oxygens (including phenoxy) is 3. The Hall–Kier alpha value is -0.670. The summed E-state index contributed by atoms with van der Waals surface area (Å²) >= 11 is 3.32. The second-order valence-electron chi connectivity index (χ2n) is 5.66. The number of sulfonamides is 1. The van der Waals surface area contributed by atoms with Gasteiger partial charge in [0.25, 0.3) is 0 Å². The third-order valence-electron chi connectivity index (χ3n) is 4.25. The van der Waals surface area contributed by atoms with Gasteiger partial charge in [0.1, 0.15) is 10.6 Å². The van der Waals surface area contributed by atoms with Crippen LogP contribution in [0.1, 0.15) is 19.3 Å². The number of methoxy groups -OCH3 is 1. The molecule has 1 spiro atoms. The molecule has 0 bridgehead atoms. The zero-order chi connectivity index (χ0) is 16.5. The van der Waals surface area contributed by atoms with Crippen LogP contribution in [0, 0.1) is 0 Å². The summed E-state index contributed by atoms with van der Waals surface area (Å²) in [6, 6.07) is 4.98. The van der Waals surface area contributed by atoms with Crippen LogP contribution >= 0.6 is 15.9 Å². The lowest BCUT2D eigenvalue weighted by atomic mass is 10.0. The summed E-state index contributed by atoms with van der Waals surface area (Å²) in [4.78, 5) is 0.177. The first-order valence-electron chi connectivity index (χ1n) is 7.58. The highest BCUT2D eigenvalue weighted by Gasteiger charge is 2.42. The molecule has 0 aromatic heterocycles. The van der Waals surface area contributed by atoms with Crippen LogP contribution < -0.4 is 4.74 Å². The highest BCUT2D eigenvalue weighted by Crippen LogP contribution is 2.35. The topological polar surface area (TPSA) is 65.1 Å². The lowest BCUT2D eigenvalue weighted by Gasteiger charge is -2.42. The number of halogens is 1. The zero-order valence-corrected chi connectivity index (χ0v) is 15.4. The molecule has 0 radical (unpaired) electrons. The summed E-state index contributed by atoms with van der Waals surface area (Å²) in [5.41, 5.74) is 0. The van der Waals surface area contributed by atoms with Crippen LogP contribution in [0.4, 0.5) is 0 Å². The lowest BCUT2D eigenvalue weighted by molar-refractivity contribution is -0.280. The summed E-state index contributed by atoms with van der Waals surface area (Å²) in [5, 5.41) is 0. The van der Waals surface area contributed by atoms with Gasteiger partial charge in [0.15, 0.2) is 5.79 Å². The maximum Gasteiger partial charge on any atom is 0.246 e. The molecule has 3 rings (SSSR count). The second kappa shape index (κ2) is 6.68. The Morgan fingerprint density at radius 1 is 1.22 bits per heavy atom. The van der Waals surface area contributed by atoms with Crippen molar-refractivity contribution in [3.8, 4) is 5.75 Å². The molecule has 0 N–H and O–H groups in total. The minimum atomic E-state index is -3.62. The Bertz CT molecular complexity index is 662. The molecule has 2 saturated heterocycles. The average Bonchev–Trinajstić information content (AvgIpc) is 2.56. The van der Waals surface area contributed by atoms with Crippen molar-refractivity contribution in [3.63, 3.8) is 0 Å². The van der Waals surface area contributed by atoms with Crippen molar-refractivity contribution in [2.24, 2.45) is 0 Å². The van der Waals surface area contributed by atoms with Gasteiger partial charge in [0.2, 0.25) is 10.0 Å². The van der Waals surface area contributed by atoms with E-state index in [0.29, 0.717) is 49.4 Å². The van der Waals surface area contributed by atoms with Crippen molar-refractivity contribution in [3.05, 3.63) is 22.7 Å². The molecule has 128 valence electrons. The lowest BCUT2D eigenvalue weighted by Crippen LogP contribution is -2.51. The van der Waals surface area contributed by atoms with E-state index >= 15 is 0 Å². The molecule has 0 unspecified atom stereocenters. The van der Waals surface area contributed by atoms with Crippen molar-refractivity contribution in [1.29, 1.82) is 0 Å². The number of rotatable bonds is 3. The average molecular weight is 406 g/mol. The third kappa shape index (κ3) is 3.41. The SMILES string of the molecule is COc1ccc(Br)cc1S(=O)(=O)N1CCC2(CC1)OCCCO2. The first-order valence-corrected chi connectivity index (χ1v) is 9.82. The van der Waals surface area contributed by atoms with Gasteiger partial charge < -0.3 is 14.2 Å². The standard InChI is InChI=1S/C15H20BrNO5S/c1-20-13-4-3-12(16)11-14(13)23(18,19)17-7-5-15(6-8-17)21-9-2-10-22-15/h3-4,11H,2,5-10H2,1H3. The Balaban J connectivity index is 1.80. The second-order valence-corrected chi connectivity index (χ2v) is 8.48. The van der Waals surface area contributed by atoms with Gasteiger partial charge in [0, 0.05) is 30.4 Å². The fraction of sp³-hybridized carbons (Fsp3) is 0.600. The fourth-order valence-corrected chi connectivity index (χ4v) is 5.10. The molecule has 2 aliphatic heterocycles. The van der Waals surface area contributed by atoms with Crippen molar-refractivity contribution in [2.75, 3.05) is 33.4 Å². The minimum Gasteiger partial charge on any atom is -0.495 e. The van der Waals surface area contributed by atoms with Gasteiger partial charge in [-0.2, -0.15) is 4.31 Å². The first kappa shape index (κ1) is 17.2. The van der Waals surface area contributed by atoms with E-state index in [1.54, 1.807) is 18.2 Å². The Kier molecular flexibility index (Phi) is 4.98. The van der Waals surface area contributed by atoms with Crippen molar-refractivity contribution < 1.29 is 22.6 Å². The quantitative estimate of drug-likeness (QED) is 0.771. The van der Waals surface area contributed by atoms with E-state index < -0.39 is 15.8 Å². The van der Waals surface area contributed by atoms with E-state index in [9.17, 15) is 8.42 Å². The third-order valence-corrected chi connectivity index (χ3v) is 6.66. The van der Waals surface area contributed by atoms with Crippen molar-refractivity contribution >= 4 is 26.0 Å². The summed E-state index contributed by atoms with van der Waals surface area (Å²) in [5.74, 6) is -0.260. The molecule has 6 nitrogen and oxygen atoms in total. The van der Waals surface area contributed by atoms with Crippen molar-refractivity contribution in [1.82, 2.24) is 4.31 Å². The molecule has 0 saturated carbocycles. The van der Waals surface area contributed by atoms with E-state index in [2.05, 4.69) is 15.9 Å². The van der Waals surface area contributed by atoms with Gasteiger partial charge in [-0.1, -0.05) is 15.9 Å². The predicted molar refractivity (Wildman–Crippen MR) is 87.9 cm³/mol. The van der Waals surface area contributed by atoms with Gasteiger partial charge in [-0.25, -0.2) is 8.42 Å². The number of piperidine rings is 1. The van der Waals surface area contributed by atoms with Crippen LogP contribution in [0.15, 0.2) is 27.6 Å². The maximum absolute atomic E-state index is 12.9. The van der Waals surface area contributed by atoms with Gasteiger partial charge in [-0.15, -0.1) is 0 Å². The molecule has 2 fully saturated rings. The molecule has 2 aliphatic rings. The molecule has 0 atom stereocenters. The number of benzene rings is 1. The largest absolute Gasteiger partial charge is 0.495 e. The van der Waals surface area contributed by atoms with Gasteiger partial charge >= 0.3 is 0 Å². The van der Waals surface area contributed by atoms with E-state index in [4.69, 9.17) is 14.2 Å². The summed E-state index contributed by atoms with van der Waals surface area (Å²) in [6.07, 6.45) is 1.98. The Labute approximate surface area is 144 Å². The first-order chi connectivity index (χ1) is 11.0. The monoisotopic (exact) mass is 405 g/mol. The number of nitrogens with zero attached hydrogens (tertiary/aromatic N) is 1. The Morgan fingerprint density at radius 3 is 2.48 bits per heavy atom. The summed E-state index contributed by atoms with van der Waals surface area (Å²) in [7, 11) is -2.15. The summed E-state index contributed by atoms with van der Waals surface area (Å²) < 4.78 is 44.8. The smallest absolute Gasteiger partial charge is 0.246 e. The minimum absolute atomic E-state index is 0.177. The van der Waals surface area contributed by atoms with Crippen LogP contribution in [-0.2, 0) is 19.5 Å². The number of hydrogen-bond acceptors (Lipinski definition) is 5. The molecule has 0 amide bonds. The van der Waals surface area contributed by atoms with Crippen LogP contribution in [0.5, 0.6) is 5.75 Å². The van der Waals surface area contributed by atoms with Crippen LogP contribution in [0.2, 0.25) is 0 Å². The summed E-state index contributed by atoms with van der Waals surface area (Å²) in [6.45, 7) is 2.09. The molecule has 23 heavy (non-hydrogen) atoms. The number of hydrogen-bond donors (Lipinski definition) is 0. The normalized spacial score (nSPS) is 22.2. The molecule has 2 heterocycles. The van der Waals surface area contributed by atoms with E-state index in [1.807, 2.05) is 0 Å².